The fourth-order valence-corrected chi connectivity index (χ4v) is 1.91. The van der Waals surface area contributed by atoms with Gasteiger partial charge in [0.05, 0.1) is 17.1 Å². The van der Waals surface area contributed by atoms with Crippen LogP contribution in [0.5, 0.6) is 0 Å². The van der Waals surface area contributed by atoms with E-state index in [4.69, 9.17) is 0 Å². The summed E-state index contributed by atoms with van der Waals surface area (Å²) in [4.78, 5) is 4.61. The Morgan fingerprint density at radius 1 is 1.50 bits per heavy atom. The van der Waals surface area contributed by atoms with Crippen LogP contribution in [0.15, 0.2) is 11.1 Å². The summed E-state index contributed by atoms with van der Waals surface area (Å²) in [6.45, 7) is 5.25. The predicted molar refractivity (Wildman–Crippen MR) is 57.7 cm³/mol. The van der Waals surface area contributed by atoms with Gasteiger partial charge in [-0.3, -0.25) is 9.67 Å². The maximum absolute atomic E-state index is 4.61. The highest BCUT2D eigenvalue weighted by Crippen LogP contribution is 2.17. The van der Waals surface area contributed by atoms with Crippen LogP contribution in [0.25, 0.3) is 0 Å². The zero-order valence-electron chi connectivity index (χ0n) is 9.12. The summed E-state index contributed by atoms with van der Waals surface area (Å²) in [5, 5.41) is 4.34. The van der Waals surface area contributed by atoms with Crippen LogP contribution in [0.2, 0.25) is 0 Å². The van der Waals surface area contributed by atoms with E-state index in [0.29, 0.717) is 0 Å². The smallest absolute Gasteiger partial charge is 0.0819 e. The molecule has 0 aromatic carbocycles. The van der Waals surface area contributed by atoms with Crippen LogP contribution in [0.4, 0.5) is 0 Å². The first-order chi connectivity index (χ1) is 6.66. The maximum Gasteiger partial charge on any atom is 0.0819 e. The summed E-state index contributed by atoms with van der Waals surface area (Å²) in [6, 6.07) is 2.12. The van der Waals surface area contributed by atoms with Gasteiger partial charge in [-0.2, -0.15) is 5.10 Å². The molecule has 1 atom stereocenters. The van der Waals surface area contributed by atoms with Gasteiger partial charge in [0.25, 0.3) is 0 Å². The Balaban J connectivity index is 2.27. The van der Waals surface area contributed by atoms with Crippen molar-refractivity contribution < 1.29 is 0 Å². The van der Waals surface area contributed by atoms with Crippen molar-refractivity contribution in [3.63, 3.8) is 0 Å². The average Bonchev–Trinajstić information content (AvgIpc) is 2.47. The highest BCUT2D eigenvalue weighted by atomic mass is 15.3. The van der Waals surface area contributed by atoms with Crippen LogP contribution < -0.4 is 0 Å². The van der Waals surface area contributed by atoms with Gasteiger partial charge in [0.1, 0.15) is 0 Å². The van der Waals surface area contributed by atoms with Crippen molar-refractivity contribution in [1.29, 1.82) is 0 Å². The van der Waals surface area contributed by atoms with E-state index in [1.807, 2.05) is 18.7 Å². The molecule has 0 radical (unpaired) electrons. The van der Waals surface area contributed by atoms with Crippen molar-refractivity contribution in [3.05, 3.63) is 17.5 Å². The Hall–Kier alpha value is -1.12. The van der Waals surface area contributed by atoms with Crippen LogP contribution >= 0.6 is 0 Å². The molecule has 1 unspecified atom stereocenters. The van der Waals surface area contributed by atoms with Gasteiger partial charge in [0.15, 0.2) is 0 Å². The van der Waals surface area contributed by atoms with Gasteiger partial charge in [-0.1, -0.05) is 6.92 Å². The lowest BCUT2D eigenvalue weighted by Crippen LogP contribution is -2.16. The molecule has 0 bridgehead atoms. The highest BCUT2D eigenvalue weighted by molar-refractivity contribution is 5.99. The minimum absolute atomic E-state index is 0.744. The van der Waals surface area contributed by atoms with E-state index >= 15 is 0 Å². The van der Waals surface area contributed by atoms with Crippen LogP contribution in [0, 0.1) is 12.8 Å². The number of rotatable bonds is 1. The summed E-state index contributed by atoms with van der Waals surface area (Å²) in [5.74, 6) is 0.744. The molecule has 0 spiro atoms. The largest absolute Gasteiger partial charge is 0.287 e. The molecule has 1 aromatic rings. The Labute approximate surface area is 84.8 Å². The van der Waals surface area contributed by atoms with Gasteiger partial charge in [-0.15, -0.1) is 0 Å². The van der Waals surface area contributed by atoms with Crippen LogP contribution in [-0.2, 0) is 7.05 Å². The molecule has 0 saturated heterocycles. The topological polar surface area (TPSA) is 30.2 Å². The number of aryl methyl sites for hydroxylation is 2. The van der Waals surface area contributed by atoms with Gasteiger partial charge in [0, 0.05) is 13.6 Å². The second kappa shape index (κ2) is 3.56. The first-order valence-corrected chi connectivity index (χ1v) is 5.21. The molecule has 3 nitrogen and oxygen atoms in total. The van der Waals surface area contributed by atoms with Crippen molar-refractivity contribution in [2.45, 2.75) is 26.7 Å². The first kappa shape index (κ1) is 9.44. The normalized spacial score (nSPS) is 22.2. The molecule has 0 amide bonds. The lowest BCUT2D eigenvalue weighted by molar-refractivity contribution is 0.536. The van der Waals surface area contributed by atoms with Gasteiger partial charge in [-0.05, 0) is 31.7 Å². The van der Waals surface area contributed by atoms with Crippen LogP contribution in [0.1, 0.15) is 31.2 Å². The molecule has 3 heteroatoms. The third kappa shape index (κ3) is 1.72. The van der Waals surface area contributed by atoms with E-state index in [-0.39, 0.29) is 0 Å². The second-order valence-electron chi connectivity index (χ2n) is 4.23. The second-order valence-corrected chi connectivity index (χ2v) is 4.23. The van der Waals surface area contributed by atoms with Crippen LogP contribution in [-0.4, -0.2) is 22.0 Å². The van der Waals surface area contributed by atoms with E-state index in [0.717, 1.165) is 24.6 Å². The average molecular weight is 191 g/mol. The molecule has 14 heavy (non-hydrogen) atoms. The van der Waals surface area contributed by atoms with Gasteiger partial charge in [-0.25, -0.2) is 0 Å². The summed E-state index contributed by atoms with van der Waals surface area (Å²) >= 11 is 0. The number of hydrogen-bond donors (Lipinski definition) is 0. The quantitative estimate of drug-likeness (QED) is 0.667. The zero-order chi connectivity index (χ0) is 10.1. The molecule has 0 N–H and O–H groups in total. The molecule has 1 aliphatic rings. The molecule has 2 rings (SSSR count). The Bertz CT molecular complexity index is 363. The molecule has 0 fully saturated rings. The summed E-state index contributed by atoms with van der Waals surface area (Å²) in [6.07, 6.45) is 2.35. The summed E-state index contributed by atoms with van der Waals surface area (Å²) in [7, 11) is 1.99. The van der Waals surface area contributed by atoms with Crippen molar-refractivity contribution >= 4 is 5.71 Å². The summed E-state index contributed by atoms with van der Waals surface area (Å²) < 4.78 is 1.93. The highest BCUT2D eigenvalue weighted by Gasteiger charge is 2.15. The Morgan fingerprint density at radius 2 is 2.29 bits per heavy atom. The van der Waals surface area contributed by atoms with E-state index in [2.05, 4.69) is 23.1 Å². The molecule has 76 valence electrons. The fraction of sp³-hybridized carbons (Fsp3) is 0.636. The lowest BCUT2D eigenvalue weighted by Gasteiger charge is -2.17. The fourth-order valence-electron chi connectivity index (χ4n) is 1.91. The molecule has 1 aromatic heterocycles. The maximum atomic E-state index is 4.61. The standard InChI is InChI=1S/C11H17N3/c1-8-4-5-10(12-7-8)11-6-9(2)13-14(11)3/h6,8H,4-5,7H2,1-3H3. The number of aliphatic imine (C=N–C) groups is 1. The third-order valence-corrected chi connectivity index (χ3v) is 2.77. The lowest BCUT2D eigenvalue weighted by atomic mass is 9.98. The minimum Gasteiger partial charge on any atom is -0.287 e. The minimum atomic E-state index is 0.744. The molecular formula is C11H17N3. The van der Waals surface area contributed by atoms with Crippen molar-refractivity contribution in [2.24, 2.45) is 18.0 Å². The van der Waals surface area contributed by atoms with Gasteiger partial charge >= 0.3 is 0 Å². The van der Waals surface area contributed by atoms with Crippen molar-refractivity contribution in [1.82, 2.24) is 9.78 Å². The molecule has 0 saturated carbocycles. The zero-order valence-corrected chi connectivity index (χ0v) is 9.12. The van der Waals surface area contributed by atoms with E-state index < -0.39 is 0 Å². The van der Waals surface area contributed by atoms with E-state index in [9.17, 15) is 0 Å². The van der Waals surface area contributed by atoms with E-state index in [1.165, 1.54) is 17.8 Å². The number of hydrogen-bond acceptors (Lipinski definition) is 2. The molecular weight excluding hydrogens is 174 g/mol. The Morgan fingerprint density at radius 3 is 2.79 bits per heavy atom. The first-order valence-electron chi connectivity index (χ1n) is 5.21. The van der Waals surface area contributed by atoms with Crippen molar-refractivity contribution in [2.75, 3.05) is 6.54 Å². The molecule has 0 aliphatic carbocycles. The molecule has 1 aliphatic heterocycles. The van der Waals surface area contributed by atoms with Crippen molar-refractivity contribution in [3.8, 4) is 0 Å². The SMILES string of the molecule is Cc1cc(C2=NCC(C)CC2)n(C)n1. The van der Waals surface area contributed by atoms with Gasteiger partial charge in [0.2, 0.25) is 0 Å². The number of aromatic nitrogens is 2. The van der Waals surface area contributed by atoms with Gasteiger partial charge < -0.3 is 0 Å². The molecule has 2 heterocycles. The van der Waals surface area contributed by atoms with Crippen LogP contribution in [0.3, 0.4) is 0 Å². The third-order valence-electron chi connectivity index (χ3n) is 2.77. The predicted octanol–water partition coefficient (Wildman–Crippen LogP) is 1.95. The monoisotopic (exact) mass is 191 g/mol. The Kier molecular flexibility index (Phi) is 2.40. The summed E-state index contributed by atoms with van der Waals surface area (Å²) in [5.41, 5.74) is 3.49. The van der Waals surface area contributed by atoms with E-state index in [1.54, 1.807) is 0 Å². The number of nitrogens with zero attached hydrogens (tertiary/aromatic N) is 3.